The van der Waals surface area contributed by atoms with Crippen LogP contribution in [0.15, 0.2) is 99.6 Å². The second kappa shape index (κ2) is 10.4. The fraction of sp³-hybridized carbons (Fsp3) is 0.240. The van der Waals surface area contributed by atoms with Crippen LogP contribution >= 0.6 is 22.6 Å². The van der Waals surface area contributed by atoms with Gasteiger partial charge in [0.15, 0.2) is 14.7 Å². The van der Waals surface area contributed by atoms with Crippen LogP contribution in [0.2, 0.25) is 0 Å². The largest absolute Gasteiger partial charge is 0.487 e. The molecule has 0 bridgehead atoms. The van der Waals surface area contributed by atoms with Gasteiger partial charge < -0.3 is 9.47 Å². The van der Waals surface area contributed by atoms with E-state index in [-0.39, 0.29) is 29.6 Å². The van der Waals surface area contributed by atoms with Gasteiger partial charge >= 0.3 is 5.97 Å². The maximum atomic E-state index is 11.9. The smallest absolute Gasteiger partial charge is 0.321 e. The first-order valence-corrected chi connectivity index (χ1v) is 12.1. The number of carbonyl (C=O) groups is 1. The lowest BCUT2D eigenvalue weighted by Gasteiger charge is -2.19. The van der Waals surface area contributed by atoms with E-state index in [0.29, 0.717) is 0 Å². The predicted octanol–water partition coefficient (Wildman–Crippen LogP) is 6.31. The number of esters is 1. The highest BCUT2D eigenvalue weighted by atomic mass is 127. The Bertz CT molecular complexity index is 898. The predicted molar refractivity (Wildman–Crippen MR) is 131 cm³/mol. The average molecular weight is 533 g/mol. The summed E-state index contributed by atoms with van der Waals surface area (Å²) in [6, 6.07) is 29.3. The van der Waals surface area contributed by atoms with Gasteiger partial charge in [0, 0.05) is 0 Å². The van der Waals surface area contributed by atoms with Gasteiger partial charge in [0.1, 0.15) is 21.9 Å². The van der Waals surface area contributed by atoms with Crippen molar-refractivity contribution in [2.45, 2.75) is 45.0 Å². The average Bonchev–Trinajstić information content (AvgIpc) is 2.74. The maximum Gasteiger partial charge on any atom is 0.321 e. The van der Waals surface area contributed by atoms with Crippen LogP contribution in [0.25, 0.3) is 0 Å². The fourth-order valence-corrected chi connectivity index (χ4v) is 5.05. The fourth-order valence-electron chi connectivity index (χ4n) is 2.81. The number of hydrogen-bond donors (Lipinski definition) is 0. The second-order valence-corrected chi connectivity index (χ2v) is 12.1. The second-order valence-electron chi connectivity index (χ2n) is 7.40. The van der Waals surface area contributed by atoms with Crippen LogP contribution in [-0.4, -0.2) is 22.1 Å². The van der Waals surface area contributed by atoms with E-state index >= 15 is 0 Å². The number of hydrogen-bond acceptors (Lipinski definition) is 3. The molecule has 30 heavy (non-hydrogen) atoms. The molecule has 0 saturated heterocycles. The molecular formula is C25H26IO3S+. The van der Waals surface area contributed by atoms with Crippen molar-refractivity contribution in [2.24, 2.45) is 0 Å². The van der Waals surface area contributed by atoms with E-state index < -0.39 is 3.42 Å². The molecular weight excluding hydrogens is 507 g/mol. The molecule has 1 atom stereocenters. The molecule has 3 rings (SSSR count). The normalized spacial score (nSPS) is 12.4. The summed E-state index contributed by atoms with van der Waals surface area (Å²) in [5.41, 5.74) is 0. The Hall–Kier alpha value is -1.99. The highest BCUT2D eigenvalue weighted by Crippen LogP contribution is 2.32. The molecule has 0 amide bonds. The Balaban J connectivity index is 1.72. The summed E-state index contributed by atoms with van der Waals surface area (Å²) in [5.74, 6) is 0.532. The van der Waals surface area contributed by atoms with Crippen molar-refractivity contribution >= 4 is 39.5 Å². The molecule has 5 heteroatoms. The molecule has 0 spiro atoms. The standard InChI is InChI=1S/C25H26IO3S/c1-19(18-28-24(27)25(2,3)26)29-20-14-16-23(17-15-20)30(21-10-6-4-7-11-21)22-12-8-5-9-13-22/h4-17,19H,18H2,1-3H3/q+1. The molecule has 0 aliphatic carbocycles. The van der Waals surface area contributed by atoms with Gasteiger partial charge in [-0.05, 0) is 69.3 Å². The molecule has 1 unspecified atom stereocenters. The van der Waals surface area contributed by atoms with Crippen LogP contribution in [0.1, 0.15) is 20.8 Å². The molecule has 0 saturated carbocycles. The van der Waals surface area contributed by atoms with E-state index in [4.69, 9.17) is 9.47 Å². The van der Waals surface area contributed by atoms with Crippen molar-refractivity contribution in [1.29, 1.82) is 0 Å². The van der Waals surface area contributed by atoms with Crippen LogP contribution in [0.4, 0.5) is 0 Å². The third kappa shape index (κ3) is 6.25. The van der Waals surface area contributed by atoms with Gasteiger partial charge in [0.25, 0.3) is 0 Å². The molecule has 0 radical (unpaired) electrons. The Kier molecular flexibility index (Phi) is 7.83. The molecule has 0 N–H and O–H groups in total. The summed E-state index contributed by atoms with van der Waals surface area (Å²) in [4.78, 5) is 15.7. The van der Waals surface area contributed by atoms with E-state index in [2.05, 4.69) is 83.3 Å². The van der Waals surface area contributed by atoms with Crippen LogP contribution in [0, 0.1) is 0 Å². The molecule has 0 aliphatic rings. The molecule has 0 heterocycles. The summed E-state index contributed by atoms with van der Waals surface area (Å²) >= 11 is 2.08. The minimum atomic E-state index is -0.538. The minimum absolute atomic E-state index is 0.181. The summed E-state index contributed by atoms with van der Waals surface area (Å²) in [6.45, 7) is 5.79. The number of alkyl halides is 1. The molecule has 156 valence electrons. The van der Waals surface area contributed by atoms with Gasteiger partial charge in [-0.3, -0.25) is 4.79 Å². The molecule has 3 nitrogen and oxygen atoms in total. The number of carbonyl (C=O) groups excluding carboxylic acids is 1. The number of ether oxygens (including phenoxy) is 2. The zero-order valence-electron chi connectivity index (χ0n) is 17.4. The summed E-state index contributed by atoms with van der Waals surface area (Å²) in [5, 5.41) is 0. The van der Waals surface area contributed by atoms with E-state index in [0.717, 1.165) is 5.75 Å². The van der Waals surface area contributed by atoms with Crippen molar-refractivity contribution in [2.75, 3.05) is 6.61 Å². The van der Waals surface area contributed by atoms with Crippen LogP contribution < -0.4 is 4.74 Å². The first-order chi connectivity index (χ1) is 14.3. The van der Waals surface area contributed by atoms with E-state index in [1.54, 1.807) is 0 Å². The first kappa shape index (κ1) is 22.7. The van der Waals surface area contributed by atoms with Gasteiger partial charge in [0.05, 0.1) is 10.9 Å². The minimum Gasteiger partial charge on any atom is -0.487 e. The van der Waals surface area contributed by atoms with Gasteiger partial charge in [-0.15, -0.1) is 0 Å². The zero-order chi connectivity index (χ0) is 21.6. The Morgan fingerprint density at radius 3 is 1.80 bits per heavy atom. The molecule has 3 aromatic rings. The van der Waals surface area contributed by atoms with Crippen molar-refractivity contribution in [3.05, 3.63) is 84.9 Å². The highest BCUT2D eigenvalue weighted by Gasteiger charge is 2.28. The van der Waals surface area contributed by atoms with Crippen LogP contribution in [-0.2, 0) is 20.4 Å². The van der Waals surface area contributed by atoms with E-state index in [1.807, 2.05) is 45.0 Å². The highest BCUT2D eigenvalue weighted by molar-refractivity contribution is 14.1. The Morgan fingerprint density at radius 2 is 1.33 bits per heavy atom. The first-order valence-electron chi connectivity index (χ1n) is 9.82. The van der Waals surface area contributed by atoms with Crippen molar-refractivity contribution in [3.63, 3.8) is 0 Å². The summed E-state index contributed by atoms with van der Waals surface area (Å²) in [6.07, 6.45) is -0.222. The molecule has 0 fully saturated rings. The SMILES string of the molecule is CC(COC(=O)C(C)(C)I)Oc1ccc([S+](c2ccccc2)c2ccccc2)cc1. The molecule has 0 aromatic heterocycles. The topological polar surface area (TPSA) is 35.5 Å². The maximum absolute atomic E-state index is 11.9. The number of benzene rings is 3. The van der Waals surface area contributed by atoms with E-state index in [1.165, 1.54) is 14.7 Å². The molecule has 0 aliphatic heterocycles. The number of halogens is 1. The third-order valence-corrected chi connectivity index (χ3v) is 6.96. The van der Waals surface area contributed by atoms with Crippen LogP contribution in [0.3, 0.4) is 0 Å². The number of rotatable bonds is 8. The Morgan fingerprint density at radius 1 is 0.867 bits per heavy atom. The van der Waals surface area contributed by atoms with E-state index in [9.17, 15) is 4.79 Å². The van der Waals surface area contributed by atoms with Gasteiger partial charge in [-0.2, -0.15) is 0 Å². The van der Waals surface area contributed by atoms with Crippen LogP contribution in [0.5, 0.6) is 5.75 Å². The van der Waals surface area contributed by atoms with Crippen molar-refractivity contribution < 1.29 is 14.3 Å². The summed E-state index contributed by atoms with van der Waals surface area (Å²) in [7, 11) is -0.181. The lowest BCUT2D eigenvalue weighted by Crippen LogP contribution is -2.30. The Labute approximate surface area is 195 Å². The monoisotopic (exact) mass is 533 g/mol. The van der Waals surface area contributed by atoms with Gasteiger partial charge in [-0.1, -0.05) is 59.0 Å². The zero-order valence-corrected chi connectivity index (χ0v) is 20.4. The van der Waals surface area contributed by atoms with Crippen molar-refractivity contribution in [3.8, 4) is 5.75 Å². The van der Waals surface area contributed by atoms with Gasteiger partial charge in [0.2, 0.25) is 0 Å². The summed E-state index contributed by atoms with van der Waals surface area (Å²) < 4.78 is 10.8. The van der Waals surface area contributed by atoms with Gasteiger partial charge in [-0.25, -0.2) is 0 Å². The lowest BCUT2D eigenvalue weighted by atomic mass is 10.2. The third-order valence-electron chi connectivity index (χ3n) is 4.29. The lowest BCUT2D eigenvalue weighted by molar-refractivity contribution is -0.147. The quantitative estimate of drug-likeness (QED) is 0.148. The van der Waals surface area contributed by atoms with Crippen molar-refractivity contribution in [1.82, 2.24) is 0 Å². The molecule has 3 aromatic carbocycles.